The van der Waals surface area contributed by atoms with Crippen molar-refractivity contribution in [1.82, 2.24) is 10.6 Å². The molecule has 42 heavy (non-hydrogen) atoms. The Kier molecular flexibility index (Phi) is 20.1. The molecule has 0 aromatic heterocycles. The second kappa shape index (κ2) is 22.7. The Morgan fingerprint density at radius 2 is 1.24 bits per heavy atom. The molecule has 0 aromatic rings. The number of rotatable bonds is 19. The van der Waals surface area contributed by atoms with Gasteiger partial charge in [-0.3, -0.25) is 9.59 Å². The molecule has 1 aliphatic rings. The molecule has 1 rings (SSSR count). The van der Waals surface area contributed by atoms with Crippen LogP contribution >= 0.6 is 0 Å². The van der Waals surface area contributed by atoms with Crippen molar-refractivity contribution in [3.05, 3.63) is 72.9 Å². The average molecular weight is 589 g/mol. The zero-order valence-corrected chi connectivity index (χ0v) is 25.3. The van der Waals surface area contributed by atoms with Crippen LogP contribution in [0.1, 0.15) is 72.1 Å². The quantitative estimate of drug-likeness (QED) is 0.127. The van der Waals surface area contributed by atoms with Crippen molar-refractivity contribution >= 4 is 11.8 Å². The molecule has 1 fully saturated rings. The SMILES string of the molecule is CC/C=C\C/C=C\C/C=C\C/C=C\C/C=C\C/C=C\CCC(=O)N[C@H](C(=O)NC1C(O)[C@H](O)C(CO)O[C@H]1O)C(C)C. The second-order valence-electron chi connectivity index (χ2n) is 10.5. The van der Waals surface area contributed by atoms with Crippen LogP contribution in [0, 0.1) is 5.92 Å². The van der Waals surface area contributed by atoms with E-state index in [1.807, 2.05) is 12.2 Å². The lowest BCUT2D eigenvalue weighted by molar-refractivity contribution is -0.254. The molecular weight excluding hydrogens is 536 g/mol. The first-order valence-corrected chi connectivity index (χ1v) is 15.0. The summed E-state index contributed by atoms with van der Waals surface area (Å²) in [7, 11) is 0. The molecule has 1 saturated heterocycles. The zero-order chi connectivity index (χ0) is 31.2. The number of amides is 2. The third-order valence-corrected chi connectivity index (χ3v) is 6.61. The Labute approximate surface area is 251 Å². The fourth-order valence-electron chi connectivity index (χ4n) is 4.14. The maximum absolute atomic E-state index is 12.8. The minimum Gasteiger partial charge on any atom is -0.394 e. The summed E-state index contributed by atoms with van der Waals surface area (Å²) in [6.45, 7) is 5.05. The van der Waals surface area contributed by atoms with Crippen molar-refractivity contribution in [2.45, 2.75) is 109 Å². The van der Waals surface area contributed by atoms with Gasteiger partial charge in [0, 0.05) is 6.42 Å². The number of hydrogen-bond donors (Lipinski definition) is 6. The highest BCUT2D eigenvalue weighted by Crippen LogP contribution is 2.20. The van der Waals surface area contributed by atoms with Crippen molar-refractivity contribution in [2.75, 3.05) is 6.61 Å². The van der Waals surface area contributed by atoms with Crippen LogP contribution in [0.2, 0.25) is 0 Å². The van der Waals surface area contributed by atoms with E-state index >= 15 is 0 Å². The fraction of sp³-hybridized carbons (Fsp3) is 0.576. The first-order valence-electron chi connectivity index (χ1n) is 15.0. The molecule has 9 nitrogen and oxygen atoms in total. The van der Waals surface area contributed by atoms with Crippen LogP contribution in [0.5, 0.6) is 0 Å². The minimum atomic E-state index is -1.62. The van der Waals surface area contributed by atoms with Crippen molar-refractivity contribution in [3.63, 3.8) is 0 Å². The smallest absolute Gasteiger partial charge is 0.243 e. The highest BCUT2D eigenvalue weighted by Gasteiger charge is 2.45. The molecular formula is C33H52N2O7. The normalized spacial score (nSPS) is 24.3. The van der Waals surface area contributed by atoms with Gasteiger partial charge >= 0.3 is 0 Å². The summed E-state index contributed by atoms with van der Waals surface area (Å²) < 4.78 is 5.07. The van der Waals surface area contributed by atoms with Gasteiger partial charge in [0.1, 0.15) is 30.4 Å². The van der Waals surface area contributed by atoms with Crippen LogP contribution in [0.15, 0.2) is 72.9 Å². The van der Waals surface area contributed by atoms with E-state index in [2.05, 4.69) is 78.3 Å². The molecule has 1 heterocycles. The third kappa shape index (κ3) is 15.4. The van der Waals surface area contributed by atoms with Gasteiger partial charge in [-0.15, -0.1) is 0 Å². The minimum absolute atomic E-state index is 0.202. The summed E-state index contributed by atoms with van der Waals surface area (Å²) in [5.41, 5.74) is 0. The van der Waals surface area contributed by atoms with Gasteiger partial charge in [0.2, 0.25) is 11.8 Å². The van der Waals surface area contributed by atoms with Gasteiger partial charge in [-0.2, -0.15) is 0 Å². The van der Waals surface area contributed by atoms with E-state index in [1.54, 1.807) is 13.8 Å². The van der Waals surface area contributed by atoms with Crippen LogP contribution in [-0.4, -0.2) is 75.5 Å². The first kappa shape index (κ1) is 37.2. The maximum atomic E-state index is 12.8. The van der Waals surface area contributed by atoms with Gasteiger partial charge in [0.05, 0.1) is 6.61 Å². The molecule has 0 aliphatic carbocycles. The Morgan fingerprint density at radius 1 is 0.762 bits per heavy atom. The fourth-order valence-corrected chi connectivity index (χ4v) is 4.14. The molecule has 3 unspecified atom stereocenters. The summed E-state index contributed by atoms with van der Waals surface area (Å²) in [5, 5.41) is 44.8. The van der Waals surface area contributed by atoms with E-state index in [0.29, 0.717) is 6.42 Å². The summed E-state index contributed by atoms with van der Waals surface area (Å²) in [5.74, 6) is -1.19. The highest BCUT2D eigenvalue weighted by atomic mass is 16.6. The van der Waals surface area contributed by atoms with E-state index in [0.717, 1.165) is 38.5 Å². The number of aliphatic hydroxyl groups excluding tert-OH is 4. The summed E-state index contributed by atoms with van der Waals surface area (Å²) >= 11 is 0. The second-order valence-corrected chi connectivity index (χ2v) is 10.5. The maximum Gasteiger partial charge on any atom is 0.243 e. The van der Waals surface area contributed by atoms with E-state index in [-0.39, 0.29) is 18.2 Å². The zero-order valence-electron chi connectivity index (χ0n) is 25.3. The van der Waals surface area contributed by atoms with Crippen molar-refractivity contribution in [3.8, 4) is 0 Å². The average Bonchev–Trinajstić information content (AvgIpc) is 2.96. The molecule has 2 amide bonds. The van der Waals surface area contributed by atoms with Crippen LogP contribution in [-0.2, 0) is 14.3 Å². The molecule has 0 aromatic carbocycles. The molecule has 0 bridgehead atoms. The van der Waals surface area contributed by atoms with Crippen LogP contribution in [0.4, 0.5) is 0 Å². The number of allylic oxidation sites excluding steroid dienone is 12. The first-order chi connectivity index (χ1) is 20.2. The molecule has 1 aliphatic heterocycles. The van der Waals surface area contributed by atoms with Crippen molar-refractivity contribution in [1.29, 1.82) is 0 Å². The number of carbonyl (C=O) groups is 2. The van der Waals surface area contributed by atoms with Gasteiger partial charge in [-0.05, 0) is 50.9 Å². The Balaban J connectivity index is 2.29. The van der Waals surface area contributed by atoms with E-state index in [9.17, 15) is 30.0 Å². The Morgan fingerprint density at radius 3 is 1.69 bits per heavy atom. The Hall–Kier alpha value is -2.82. The molecule has 9 heteroatoms. The van der Waals surface area contributed by atoms with Crippen molar-refractivity contribution < 1.29 is 34.8 Å². The molecule has 236 valence electrons. The van der Waals surface area contributed by atoms with Crippen LogP contribution < -0.4 is 10.6 Å². The predicted octanol–water partition coefficient (Wildman–Crippen LogP) is 3.52. The van der Waals surface area contributed by atoms with Gasteiger partial charge in [0.15, 0.2) is 6.29 Å². The van der Waals surface area contributed by atoms with E-state index in [1.165, 1.54) is 0 Å². The number of aliphatic hydroxyl groups is 4. The monoisotopic (exact) mass is 588 g/mol. The number of hydrogen-bond acceptors (Lipinski definition) is 7. The largest absolute Gasteiger partial charge is 0.394 e. The van der Waals surface area contributed by atoms with Gasteiger partial charge in [0.25, 0.3) is 0 Å². The topological polar surface area (TPSA) is 148 Å². The molecule has 0 radical (unpaired) electrons. The summed E-state index contributed by atoms with van der Waals surface area (Å²) in [6.07, 6.45) is 25.9. The van der Waals surface area contributed by atoms with Gasteiger partial charge in [-0.1, -0.05) is 93.7 Å². The van der Waals surface area contributed by atoms with E-state index < -0.39 is 49.2 Å². The number of ether oxygens (including phenoxy) is 1. The molecule has 6 N–H and O–H groups in total. The van der Waals surface area contributed by atoms with Gasteiger partial charge in [-0.25, -0.2) is 0 Å². The standard InChI is InChI=1S/C33H52N2O7/c1-4-5-6-7-8-9-10-11-12-13-14-15-16-17-18-19-20-21-22-23-27(37)34-28(25(2)3)32(40)35-29-31(39)30(38)26(24-36)42-33(29)41/h5-6,8-9,11-12,14-15,17-18,20-21,25-26,28-31,33,36,38-39,41H,4,7,10,13,16,19,22-24H2,1-3H3,(H,34,37)(H,35,40)/b6-5-,9-8-,12-11-,15-14-,18-17-,21-20-/t26?,28-,29?,30+,31?,33+/m0/s1. The van der Waals surface area contributed by atoms with Gasteiger partial charge < -0.3 is 35.8 Å². The lowest BCUT2D eigenvalue weighted by atomic mass is 9.95. The number of nitrogens with one attached hydrogen (secondary N) is 2. The molecule has 0 saturated carbocycles. The van der Waals surface area contributed by atoms with E-state index in [4.69, 9.17) is 4.74 Å². The summed E-state index contributed by atoms with van der Waals surface area (Å²) in [6, 6.07) is -2.22. The molecule has 6 atom stereocenters. The third-order valence-electron chi connectivity index (χ3n) is 6.61. The van der Waals surface area contributed by atoms with Crippen LogP contribution in [0.3, 0.4) is 0 Å². The Bertz CT molecular complexity index is 939. The van der Waals surface area contributed by atoms with Crippen LogP contribution in [0.25, 0.3) is 0 Å². The predicted molar refractivity (Wildman–Crippen MR) is 166 cm³/mol. The molecule has 0 spiro atoms. The summed E-state index contributed by atoms with van der Waals surface area (Å²) in [4.78, 5) is 25.3. The highest BCUT2D eigenvalue weighted by molar-refractivity contribution is 5.88. The number of carbonyl (C=O) groups excluding carboxylic acids is 2. The lowest BCUT2D eigenvalue weighted by Crippen LogP contribution is -2.66. The lowest BCUT2D eigenvalue weighted by Gasteiger charge is -2.40. The van der Waals surface area contributed by atoms with Crippen molar-refractivity contribution in [2.24, 2.45) is 5.92 Å².